The zero-order valence-corrected chi connectivity index (χ0v) is 12.2. The van der Waals surface area contributed by atoms with Crippen molar-refractivity contribution in [3.05, 3.63) is 6.20 Å². The molecule has 2 aromatic heterocycles. The van der Waals surface area contributed by atoms with Crippen molar-refractivity contribution in [1.29, 1.82) is 0 Å². The largest absolute Gasteiger partial charge is 0.365 e. The topological polar surface area (TPSA) is 105 Å². The number of rotatable bonds is 4. The molecule has 1 aliphatic rings. The van der Waals surface area contributed by atoms with Crippen LogP contribution in [0.25, 0.3) is 11.0 Å². The standard InChI is InChI=1S/C12H19N7S/c1-20-9-5-3-2-4-8(9)15-10-7-6-14-19-11(7)17-12(16-10)18-13/h6,8-9H,2-5,13H2,1H3,(H3,14,15,16,17,18,19). The average Bonchev–Trinajstić information content (AvgIpc) is 2.96. The molecular formula is C12H19N7S. The Balaban J connectivity index is 1.90. The van der Waals surface area contributed by atoms with Gasteiger partial charge in [-0.1, -0.05) is 12.8 Å². The first kappa shape index (κ1) is 13.4. The summed E-state index contributed by atoms with van der Waals surface area (Å²) >= 11 is 1.92. The highest BCUT2D eigenvalue weighted by atomic mass is 32.2. The fourth-order valence-corrected chi connectivity index (χ4v) is 3.66. The van der Waals surface area contributed by atoms with Crippen molar-refractivity contribution in [1.82, 2.24) is 20.2 Å². The van der Waals surface area contributed by atoms with Crippen molar-refractivity contribution < 1.29 is 0 Å². The monoisotopic (exact) mass is 293 g/mol. The molecule has 5 N–H and O–H groups in total. The number of fused-ring (bicyclic) bond motifs is 1. The van der Waals surface area contributed by atoms with Crippen LogP contribution in [0, 0.1) is 0 Å². The predicted octanol–water partition coefficient (Wildman–Crippen LogP) is 1.72. The van der Waals surface area contributed by atoms with E-state index in [-0.39, 0.29) is 0 Å². The lowest BCUT2D eigenvalue weighted by Crippen LogP contribution is -2.34. The van der Waals surface area contributed by atoms with Crippen LogP contribution in [-0.2, 0) is 0 Å². The van der Waals surface area contributed by atoms with Crippen LogP contribution in [-0.4, -0.2) is 37.7 Å². The molecule has 20 heavy (non-hydrogen) atoms. The number of nitrogens with one attached hydrogen (secondary N) is 3. The molecule has 0 spiro atoms. The maximum absolute atomic E-state index is 5.42. The van der Waals surface area contributed by atoms with Gasteiger partial charge in [-0.3, -0.25) is 10.5 Å². The van der Waals surface area contributed by atoms with Gasteiger partial charge in [0, 0.05) is 11.3 Å². The van der Waals surface area contributed by atoms with Gasteiger partial charge in [0.2, 0.25) is 5.95 Å². The van der Waals surface area contributed by atoms with Crippen LogP contribution in [0.3, 0.4) is 0 Å². The summed E-state index contributed by atoms with van der Waals surface area (Å²) in [4.78, 5) is 8.66. The van der Waals surface area contributed by atoms with Gasteiger partial charge in [0.1, 0.15) is 5.82 Å². The first-order valence-corrected chi connectivity index (χ1v) is 8.07. The summed E-state index contributed by atoms with van der Waals surface area (Å²) in [6.45, 7) is 0. The normalized spacial score (nSPS) is 22.9. The minimum atomic E-state index is 0.390. The summed E-state index contributed by atoms with van der Waals surface area (Å²) in [5, 5.41) is 12.0. The van der Waals surface area contributed by atoms with Crippen LogP contribution < -0.4 is 16.6 Å². The van der Waals surface area contributed by atoms with Gasteiger partial charge in [0.15, 0.2) is 5.65 Å². The third kappa shape index (κ3) is 2.53. The van der Waals surface area contributed by atoms with E-state index in [2.05, 4.69) is 37.2 Å². The number of nitrogens with two attached hydrogens (primary N) is 1. The van der Waals surface area contributed by atoms with Crippen molar-refractivity contribution in [2.75, 3.05) is 17.0 Å². The highest BCUT2D eigenvalue weighted by molar-refractivity contribution is 7.99. The third-order valence-electron chi connectivity index (χ3n) is 3.77. The summed E-state index contributed by atoms with van der Waals surface area (Å²) in [5.74, 6) is 6.61. The van der Waals surface area contributed by atoms with Crippen LogP contribution in [0.2, 0.25) is 0 Å². The number of hydrogen-bond acceptors (Lipinski definition) is 7. The third-order valence-corrected chi connectivity index (χ3v) is 4.94. The van der Waals surface area contributed by atoms with Gasteiger partial charge in [-0.2, -0.15) is 26.8 Å². The van der Waals surface area contributed by atoms with Crippen LogP contribution in [0.1, 0.15) is 25.7 Å². The van der Waals surface area contributed by atoms with E-state index in [9.17, 15) is 0 Å². The van der Waals surface area contributed by atoms with Gasteiger partial charge in [-0.05, 0) is 19.1 Å². The number of H-pyrrole nitrogens is 1. The summed E-state index contributed by atoms with van der Waals surface area (Å²) in [7, 11) is 0. The molecule has 0 bridgehead atoms. The Bertz CT molecular complexity index is 584. The number of aromatic nitrogens is 4. The van der Waals surface area contributed by atoms with E-state index >= 15 is 0 Å². The number of anilines is 2. The minimum absolute atomic E-state index is 0.390. The summed E-state index contributed by atoms with van der Waals surface area (Å²) in [5.41, 5.74) is 3.18. The molecule has 1 saturated carbocycles. The van der Waals surface area contributed by atoms with Gasteiger partial charge >= 0.3 is 0 Å². The first-order valence-electron chi connectivity index (χ1n) is 6.79. The highest BCUT2D eigenvalue weighted by Crippen LogP contribution is 2.30. The SMILES string of the molecule is CSC1CCCCC1Nc1nc(NN)nc2[nH]ncc12. The number of thioether (sulfide) groups is 1. The number of nitrogen functional groups attached to an aromatic ring is 1. The van der Waals surface area contributed by atoms with E-state index in [4.69, 9.17) is 5.84 Å². The lowest BCUT2D eigenvalue weighted by molar-refractivity contribution is 0.474. The Labute approximate surface area is 121 Å². The molecule has 2 aromatic rings. The second-order valence-electron chi connectivity index (χ2n) is 4.98. The lowest BCUT2D eigenvalue weighted by atomic mass is 9.95. The van der Waals surface area contributed by atoms with E-state index in [1.165, 1.54) is 25.7 Å². The Kier molecular flexibility index (Phi) is 3.93. The lowest BCUT2D eigenvalue weighted by Gasteiger charge is -2.31. The average molecular weight is 293 g/mol. The van der Waals surface area contributed by atoms with Crippen molar-refractivity contribution in [2.45, 2.75) is 37.0 Å². The van der Waals surface area contributed by atoms with Crippen molar-refractivity contribution in [3.63, 3.8) is 0 Å². The van der Waals surface area contributed by atoms with Gasteiger partial charge in [-0.15, -0.1) is 0 Å². The number of nitrogens with zero attached hydrogens (tertiary/aromatic N) is 3. The zero-order chi connectivity index (χ0) is 13.9. The van der Waals surface area contributed by atoms with E-state index in [1.54, 1.807) is 6.20 Å². The second kappa shape index (κ2) is 5.84. The summed E-state index contributed by atoms with van der Waals surface area (Å²) in [6, 6.07) is 0.428. The van der Waals surface area contributed by atoms with Gasteiger partial charge in [0.05, 0.1) is 11.6 Å². The molecule has 108 valence electrons. The molecule has 1 fully saturated rings. The fraction of sp³-hybridized carbons (Fsp3) is 0.583. The van der Waals surface area contributed by atoms with Gasteiger partial charge in [-0.25, -0.2) is 5.84 Å². The Morgan fingerprint density at radius 1 is 1.35 bits per heavy atom. The maximum atomic E-state index is 5.42. The quantitative estimate of drug-likeness (QED) is 0.502. The molecule has 0 aromatic carbocycles. The van der Waals surface area contributed by atoms with Crippen molar-refractivity contribution in [3.8, 4) is 0 Å². The van der Waals surface area contributed by atoms with Crippen LogP contribution in [0.5, 0.6) is 0 Å². The molecule has 3 rings (SSSR count). The number of hydrazine groups is 1. The van der Waals surface area contributed by atoms with Crippen LogP contribution >= 0.6 is 11.8 Å². The minimum Gasteiger partial charge on any atom is -0.365 e. The Hall–Kier alpha value is -1.54. The predicted molar refractivity (Wildman–Crippen MR) is 82.7 cm³/mol. The molecule has 0 aliphatic heterocycles. The van der Waals surface area contributed by atoms with Crippen LogP contribution in [0.15, 0.2) is 6.20 Å². The molecule has 8 heteroatoms. The van der Waals surface area contributed by atoms with Gasteiger partial charge < -0.3 is 5.32 Å². The van der Waals surface area contributed by atoms with Crippen molar-refractivity contribution >= 4 is 34.6 Å². The molecule has 0 saturated heterocycles. The molecule has 2 atom stereocenters. The van der Waals surface area contributed by atoms with E-state index < -0.39 is 0 Å². The second-order valence-corrected chi connectivity index (χ2v) is 6.06. The van der Waals surface area contributed by atoms with Crippen LogP contribution in [0.4, 0.5) is 11.8 Å². The van der Waals surface area contributed by atoms with E-state index in [0.717, 1.165) is 11.2 Å². The molecule has 0 radical (unpaired) electrons. The molecule has 7 nitrogen and oxygen atoms in total. The number of hydrogen-bond donors (Lipinski definition) is 4. The van der Waals surface area contributed by atoms with E-state index in [1.807, 2.05) is 11.8 Å². The summed E-state index contributed by atoms with van der Waals surface area (Å²) in [6.07, 6.45) is 8.90. The number of aromatic amines is 1. The molecule has 1 aliphatic carbocycles. The summed E-state index contributed by atoms with van der Waals surface area (Å²) < 4.78 is 0. The smallest absolute Gasteiger partial charge is 0.241 e. The Morgan fingerprint density at radius 2 is 2.20 bits per heavy atom. The Morgan fingerprint density at radius 3 is 3.00 bits per heavy atom. The van der Waals surface area contributed by atoms with Crippen molar-refractivity contribution in [2.24, 2.45) is 5.84 Å². The first-order chi connectivity index (χ1) is 9.81. The zero-order valence-electron chi connectivity index (χ0n) is 11.4. The fourth-order valence-electron chi connectivity index (χ4n) is 2.73. The molecule has 2 heterocycles. The molecular weight excluding hydrogens is 274 g/mol. The van der Waals surface area contributed by atoms with Gasteiger partial charge in [0.25, 0.3) is 0 Å². The maximum Gasteiger partial charge on any atom is 0.241 e. The van der Waals surface area contributed by atoms with E-state index in [0.29, 0.717) is 22.9 Å². The molecule has 2 unspecified atom stereocenters. The highest BCUT2D eigenvalue weighted by Gasteiger charge is 2.25. The molecule has 0 amide bonds.